The van der Waals surface area contributed by atoms with Crippen molar-refractivity contribution >= 4 is 46.5 Å². The van der Waals surface area contributed by atoms with Crippen molar-refractivity contribution in [3.05, 3.63) is 29.8 Å². The van der Waals surface area contributed by atoms with E-state index in [0.717, 1.165) is 33.8 Å². The Labute approximate surface area is 136 Å². The summed E-state index contributed by atoms with van der Waals surface area (Å²) in [5, 5.41) is 8.14. The predicted molar refractivity (Wildman–Crippen MR) is 89.5 cm³/mol. The maximum Gasteiger partial charge on any atom is 0.237 e. The van der Waals surface area contributed by atoms with Crippen LogP contribution in [0.15, 0.2) is 32.9 Å². The molecule has 1 aromatic heterocycles. The minimum atomic E-state index is 0.146. The molecule has 0 saturated carbocycles. The number of carbonyl (C=O) groups is 1. The van der Waals surface area contributed by atoms with E-state index >= 15 is 0 Å². The van der Waals surface area contributed by atoms with Gasteiger partial charge >= 0.3 is 0 Å². The number of fused-ring (bicyclic) bond motifs is 1. The number of hydrogen-bond acceptors (Lipinski definition) is 6. The summed E-state index contributed by atoms with van der Waals surface area (Å²) in [6.45, 7) is 0.808. The van der Waals surface area contributed by atoms with Gasteiger partial charge in [-0.2, -0.15) is 0 Å². The number of amides is 1. The topological polar surface area (TPSA) is 46.1 Å². The molecule has 0 N–H and O–H groups in total. The van der Waals surface area contributed by atoms with E-state index < -0.39 is 0 Å². The summed E-state index contributed by atoms with van der Waals surface area (Å²) >= 11 is 4.59. The Morgan fingerprint density at radius 3 is 2.95 bits per heavy atom. The number of para-hydroxylation sites is 1. The molecule has 0 radical (unpaired) electrons. The molecule has 0 saturated heterocycles. The van der Waals surface area contributed by atoms with Crippen molar-refractivity contribution in [2.75, 3.05) is 23.5 Å². The highest BCUT2D eigenvalue weighted by molar-refractivity contribution is 8.03. The third-order valence-electron chi connectivity index (χ3n) is 3.29. The molecule has 0 aliphatic carbocycles. The maximum atomic E-state index is 12.5. The Kier molecular flexibility index (Phi) is 4.82. The van der Waals surface area contributed by atoms with Crippen LogP contribution in [0.2, 0.25) is 0 Å². The molecular formula is C14H15N3OS3. The smallest absolute Gasteiger partial charge is 0.237 e. The van der Waals surface area contributed by atoms with Gasteiger partial charge in [-0.05, 0) is 30.7 Å². The zero-order chi connectivity index (χ0) is 14.7. The van der Waals surface area contributed by atoms with Crippen LogP contribution in [0.4, 0.5) is 5.69 Å². The Balaban J connectivity index is 1.66. The predicted octanol–water partition coefficient (Wildman–Crippen LogP) is 3.33. The van der Waals surface area contributed by atoms with Gasteiger partial charge in [0, 0.05) is 12.2 Å². The van der Waals surface area contributed by atoms with Gasteiger partial charge in [-0.1, -0.05) is 53.1 Å². The Bertz CT molecular complexity index is 644. The van der Waals surface area contributed by atoms with E-state index in [0.29, 0.717) is 5.75 Å². The second-order valence-corrected chi connectivity index (χ2v) is 7.86. The summed E-state index contributed by atoms with van der Waals surface area (Å²) in [6.07, 6.45) is 4.06. The molecule has 7 heteroatoms. The number of benzene rings is 1. The van der Waals surface area contributed by atoms with Gasteiger partial charge in [-0.15, -0.1) is 10.2 Å². The van der Waals surface area contributed by atoms with E-state index in [1.165, 1.54) is 17.3 Å². The van der Waals surface area contributed by atoms with Crippen LogP contribution < -0.4 is 4.90 Å². The third-order valence-corrected chi connectivity index (χ3v) is 6.31. The molecule has 110 valence electrons. The van der Waals surface area contributed by atoms with Gasteiger partial charge in [0.1, 0.15) is 0 Å². The lowest BCUT2D eigenvalue weighted by Crippen LogP contribution is -2.36. The summed E-state index contributed by atoms with van der Waals surface area (Å²) in [4.78, 5) is 14.4. The van der Waals surface area contributed by atoms with Crippen molar-refractivity contribution in [3.63, 3.8) is 0 Å². The molecule has 1 aliphatic heterocycles. The Morgan fingerprint density at radius 1 is 1.33 bits per heavy atom. The van der Waals surface area contributed by atoms with Gasteiger partial charge < -0.3 is 4.90 Å². The van der Waals surface area contributed by atoms with E-state index in [-0.39, 0.29) is 5.91 Å². The lowest BCUT2D eigenvalue weighted by molar-refractivity contribution is -0.116. The van der Waals surface area contributed by atoms with E-state index in [4.69, 9.17) is 0 Å². The minimum absolute atomic E-state index is 0.146. The van der Waals surface area contributed by atoms with Crippen LogP contribution in [0.3, 0.4) is 0 Å². The van der Waals surface area contributed by atoms with Gasteiger partial charge in [-0.3, -0.25) is 4.79 Å². The molecule has 2 aromatic rings. The zero-order valence-corrected chi connectivity index (χ0v) is 14.1. The highest BCUT2D eigenvalue weighted by Crippen LogP contribution is 2.30. The number of aromatic nitrogens is 2. The van der Waals surface area contributed by atoms with Gasteiger partial charge in [-0.25, -0.2) is 0 Å². The fourth-order valence-electron chi connectivity index (χ4n) is 2.33. The standard InChI is InChI=1S/C14H15N3OS3/c1-19-13-15-16-14(21-13)20-9-12(18)17-8-4-6-10-5-2-3-7-11(10)17/h2-3,5,7H,4,6,8-9H2,1H3. The average molecular weight is 337 g/mol. The molecule has 0 bridgehead atoms. The zero-order valence-electron chi connectivity index (χ0n) is 11.6. The first kappa shape index (κ1) is 14.9. The molecule has 0 fully saturated rings. The van der Waals surface area contributed by atoms with Gasteiger partial charge in [0.15, 0.2) is 8.68 Å². The van der Waals surface area contributed by atoms with E-state index in [2.05, 4.69) is 16.3 Å². The normalized spacial score (nSPS) is 14.0. The van der Waals surface area contributed by atoms with Crippen LogP contribution in [0.5, 0.6) is 0 Å². The maximum absolute atomic E-state index is 12.5. The van der Waals surface area contributed by atoms with Crippen LogP contribution in [0.1, 0.15) is 12.0 Å². The number of carbonyl (C=O) groups excluding carboxylic acids is 1. The number of thioether (sulfide) groups is 2. The molecule has 3 rings (SSSR count). The summed E-state index contributed by atoms with van der Waals surface area (Å²) in [5.74, 6) is 0.560. The van der Waals surface area contributed by atoms with Crippen LogP contribution >= 0.6 is 34.9 Å². The first-order valence-electron chi connectivity index (χ1n) is 6.66. The van der Waals surface area contributed by atoms with Gasteiger partial charge in [0.05, 0.1) is 5.75 Å². The van der Waals surface area contributed by atoms with Crippen LogP contribution in [-0.2, 0) is 11.2 Å². The lowest BCUT2D eigenvalue weighted by atomic mass is 10.0. The fraction of sp³-hybridized carbons (Fsp3) is 0.357. The third kappa shape index (κ3) is 3.41. The second kappa shape index (κ2) is 6.81. The Morgan fingerprint density at radius 2 is 2.14 bits per heavy atom. The van der Waals surface area contributed by atoms with E-state index in [1.807, 2.05) is 29.4 Å². The Hall–Kier alpha value is -1.05. The molecule has 2 heterocycles. The molecule has 0 spiro atoms. The highest BCUT2D eigenvalue weighted by atomic mass is 32.2. The number of aryl methyl sites for hydroxylation is 1. The fourth-order valence-corrected chi connectivity index (χ4v) is 4.65. The minimum Gasteiger partial charge on any atom is -0.311 e. The summed E-state index contributed by atoms with van der Waals surface area (Å²) in [7, 11) is 0. The van der Waals surface area contributed by atoms with Crippen molar-refractivity contribution < 1.29 is 4.79 Å². The largest absolute Gasteiger partial charge is 0.311 e. The van der Waals surface area contributed by atoms with Gasteiger partial charge in [0.25, 0.3) is 0 Å². The molecule has 21 heavy (non-hydrogen) atoms. The van der Waals surface area contributed by atoms with E-state index in [1.54, 1.807) is 23.1 Å². The molecule has 1 aliphatic rings. The molecule has 1 amide bonds. The number of rotatable bonds is 4. The first-order chi connectivity index (χ1) is 10.3. The second-order valence-electron chi connectivity index (χ2n) is 4.60. The molecule has 1 aromatic carbocycles. The van der Waals surface area contributed by atoms with Crippen molar-refractivity contribution in [1.82, 2.24) is 10.2 Å². The van der Waals surface area contributed by atoms with Crippen LogP contribution in [-0.4, -0.2) is 34.7 Å². The summed E-state index contributed by atoms with van der Waals surface area (Å²) in [5.41, 5.74) is 2.33. The van der Waals surface area contributed by atoms with Crippen LogP contribution in [0, 0.1) is 0 Å². The number of anilines is 1. The highest BCUT2D eigenvalue weighted by Gasteiger charge is 2.22. The van der Waals surface area contributed by atoms with Crippen molar-refractivity contribution in [2.24, 2.45) is 0 Å². The number of nitrogens with zero attached hydrogens (tertiary/aromatic N) is 3. The monoisotopic (exact) mass is 337 g/mol. The quantitative estimate of drug-likeness (QED) is 0.801. The lowest BCUT2D eigenvalue weighted by Gasteiger charge is -2.29. The van der Waals surface area contributed by atoms with Crippen molar-refractivity contribution in [2.45, 2.75) is 21.5 Å². The SMILES string of the molecule is CSc1nnc(SCC(=O)N2CCCc3ccccc32)s1. The van der Waals surface area contributed by atoms with Gasteiger partial charge in [0.2, 0.25) is 5.91 Å². The van der Waals surface area contributed by atoms with E-state index in [9.17, 15) is 4.79 Å². The van der Waals surface area contributed by atoms with Crippen molar-refractivity contribution in [3.8, 4) is 0 Å². The first-order valence-corrected chi connectivity index (χ1v) is 9.69. The van der Waals surface area contributed by atoms with Crippen molar-refractivity contribution in [1.29, 1.82) is 0 Å². The van der Waals surface area contributed by atoms with Crippen LogP contribution in [0.25, 0.3) is 0 Å². The molecule has 4 nitrogen and oxygen atoms in total. The average Bonchev–Trinajstić information content (AvgIpc) is 3.00. The summed E-state index contributed by atoms with van der Waals surface area (Å²) in [6, 6.07) is 8.17. The molecule has 0 unspecified atom stereocenters. The summed E-state index contributed by atoms with van der Waals surface area (Å²) < 4.78 is 1.80. The molecule has 0 atom stereocenters. The number of hydrogen-bond donors (Lipinski definition) is 0. The molecular weight excluding hydrogens is 322 g/mol.